The van der Waals surface area contributed by atoms with Crippen molar-refractivity contribution < 1.29 is 18.0 Å². The van der Waals surface area contributed by atoms with Crippen molar-refractivity contribution in [3.8, 4) is 0 Å². The van der Waals surface area contributed by atoms with Gasteiger partial charge in [-0.25, -0.2) is 8.78 Å². The highest BCUT2D eigenvalue weighted by Gasteiger charge is 2.17. The van der Waals surface area contributed by atoms with Crippen LogP contribution in [0.25, 0.3) is 11.0 Å². The molecule has 5 heteroatoms. The summed E-state index contributed by atoms with van der Waals surface area (Å²) >= 11 is 5.95. The van der Waals surface area contributed by atoms with Gasteiger partial charge in [0, 0.05) is 10.9 Å². The third-order valence-electron chi connectivity index (χ3n) is 2.90. The Morgan fingerprint density at radius 2 is 1.85 bits per heavy atom. The minimum atomic E-state index is -1.08. The fourth-order valence-corrected chi connectivity index (χ4v) is 2.14. The topological polar surface area (TPSA) is 30.2 Å². The van der Waals surface area contributed by atoms with E-state index in [1.807, 2.05) is 0 Å². The maximum atomic E-state index is 13.1. The highest BCUT2D eigenvalue weighted by molar-refractivity contribution is 6.35. The molecule has 2 aromatic carbocycles. The normalized spacial score (nSPS) is 10.9. The second kappa shape index (κ2) is 4.72. The Morgan fingerprint density at radius 1 is 1.05 bits per heavy atom. The molecular weight excluding hydrogens is 286 g/mol. The van der Waals surface area contributed by atoms with Crippen molar-refractivity contribution in [1.29, 1.82) is 0 Å². The monoisotopic (exact) mass is 292 g/mol. The Bertz CT molecular complexity index is 824. The SMILES string of the molecule is O=C(c1ccc(F)c(F)c1)c1cc2cccc(Cl)c2o1. The van der Waals surface area contributed by atoms with E-state index in [-0.39, 0.29) is 11.3 Å². The Hall–Kier alpha value is -2.20. The number of halogens is 3. The zero-order valence-electron chi connectivity index (χ0n) is 9.99. The smallest absolute Gasteiger partial charge is 0.228 e. The molecule has 0 atom stereocenters. The summed E-state index contributed by atoms with van der Waals surface area (Å²) in [5, 5.41) is 1.05. The maximum absolute atomic E-state index is 13.1. The predicted molar refractivity (Wildman–Crippen MR) is 71.0 cm³/mol. The zero-order valence-corrected chi connectivity index (χ0v) is 10.7. The Kier molecular flexibility index (Phi) is 3.03. The largest absolute Gasteiger partial charge is 0.451 e. The fourth-order valence-electron chi connectivity index (χ4n) is 1.92. The number of hydrogen-bond donors (Lipinski definition) is 0. The quantitative estimate of drug-likeness (QED) is 0.646. The van der Waals surface area contributed by atoms with E-state index in [1.54, 1.807) is 18.2 Å². The molecule has 0 aliphatic heterocycles. The number of ketones is 1. The minimum absolute atomic E-state index is 0.0130. The van der Waals surface area contributed by atoms with Crippen LogP contribution in [0, 0.1) is 11.6 Å². The van der Waals surface area contributed by atoms with Gasteiger partial charge in [-0.1, -0.05) is 23.7 Å². The van der Waals surface area contributed by atoms with Gasteiger partial charge >= 0.3 is 0 Å². The first-order valence-electron chi connectivity index (χ1n) is 5.74. The van der Waals surface area contributed by atoms with Crippen LogP contribution in [0.1, 0.15) is 16.1 Å². The Balaban J connectivity index is 2.08. The Morgan fingerprint density at radius 3 is 2.55 bits per heavy atom. The molecule has 0 spiro atoms. The number of para-hydroxylation sites is 1. The highest BCUT2D eigenvalue weighted by atomic mass is 35.5. The molecule has 0 fully saturated rings. The van der Waals surface area contributed by atoms with Gasteiger partial charge in [0.25, 0.3) is 0 Å². The fraction of sp³-hybridized carbons (Fsp3) is 0. The van der Waals surface area contributed by atoms with Crippen molar-refractivity contribution in [2.24, 2.45) is 0 Å². The van der Waals surface area contributed by atoms with E-state index in [1.165, 1.54) is 12.1 Å². The number of carbonyl (C=O) groups is 1. The van der Waals surface area contributed by atoms with Gasteiger partial charge in [-0.2, -0.15) is 0 Å². The van der Waals surface area contributed by atoms with E-state index in [4.69, 9.17) is 16.0 Å². The minimum Gasteiger partial charge on any atom is -0.451 e. The van der Waals surface area contributed by atoms with Gasteiger partial charge in [0.2, 0.25) is 5.78 Å². The zero-order chi connectivity index (χ0) is 14.3. The first kappa shape index (κ1) is 12.8. The van der Waals surface area contributed by atoms with Crippen molar-refractivity contribution in [2.45, 2.75) is 0 Å². The summed E-state index contributed by atoms with van der Waals surface area (Å²) in [6.07, 6.45) is 0. The van der Waals surface area contributed by atoms with Crippen LogP contribution in [0.15, 0.2) is 46.9 Å². The lowest BCUT2D eigenvalue weighted by Crippen LogP contribution is -2.00. The van der Waals surface area contributed by atoms with Crippen LogP contribution in [0.5, 0.6) is 0 Å². The van der Waals surface area contributed by atoms with Crippen molar-refractivity contribution in [1.82, 2.24) is 0 Å². The summed E-state index contributed by atoms with van der Waals surface area (Å²) in [6.45, 7) is 0. The Labute approximate surface area is 117 Å². The van der Waals surface area contributed by atoms with Crippen LogP contribution >= 0.6 is 11.6 Å². The summed E-state index contributed by atoms with van der Waals surface area (Å²) in [4.78, 5) is 12.2. The van der Waals surface area contributed by atoms with Crippen molar-refractivity contribution in [3.05, 3.63) is 70.4 Å². The molecule has 0 amide bonds. The lowest BCUT2D eigenvalue weighted by molar-refractivity contribution is 0.101. The van der Waals surface area contributed by atoms with E-state index < -0.39 is 17.4 Å². The molecule has 1 aromatic heterocycles. The first-order valence-corrected chi connectivity index (χ1v) is 6.12. The third kappa shape index (κ3) is 2.08. The standard InChI is InChI=1S/C15H7ClF2O2/c16-10-3-1-2-9-7-13(20-15(9)10)14(19)8-4-5-11(17)12(18)6-8/h1-7H. The van der Waals surface area contributed by atoms with E-state index in [9.17, 15) is 13.6 Å². The van der Waals surface area contributed by atoms with Gasteiger partial charge < -0.3 is 4.42 Å². The van der Waals surface area contributed by atoms with Crippen LogP contribution in [0.4, 0.5) is 8.78 Å². The molecule has 0 saturated carbocycles. The third-order valence-corrected chi connectivity index (χ3v) is 3.20. The van der Waals surface area contributed by atoms with Gasteiger partial charge in [-0.15, -0.1) is 0 Å². The average Bonchev–Trinajstić information content (AvgIpc) is 2.86. The second-order valence-electron chi connectivity index (χ2n) is 4.23. The lowest BCUT2D eigenvalue weighted by Gasteiger charge is -1.98. The van der Waals surface area contributed by atoms with E-state index in [0.717, 1.165) is 12.1 Å². The van der Waals surface area contributed by atoms with E-state index >= 15 is 0 Å². The van der Waals surface area contributed by atoms with Gasteiger partial charge in [-0.3, -0.25) is 4.79 Å². The average molecular weight is 293 g/mol. The van der Waals surface area contributed by atoms with Crippen LogP contribution in [-0.4, -0.2) is 5.78 Å². The maximum Gasteiger partial charge on any atom is 0.228 e. The van der Waals surface area contributed by atoms with Crippen molar-refractivity contribution >= 4 is 28.4 Å². The molecule has 2 nitrogen and oxygen atoms in total. The number of carbonyl (C=O) groups excluding carboxylic acids is 1. The molecule has 0 saturated heterocycles. The van der Waals surface area contributed by atoms with Crippen molar-refractivity contribution in [3.63, 3.8) is 0 Å². The van der Waals surface area contributed by atoms with Crippen LogP contribution in [-0.2, 0) is 0 Å². The van der Waals surface area contributed by atoms with E-state index in [0.29, 0.717) is 16.0 Å². The predicted octanol–water partition coefficient (Wildman–Crippen LogP) is 4.60. The molecule has 20 heavy (non-hydrogen) atoms. The van der Waals surface area contributed by atoms with Crippen molar-refractivity contribution in [2.75, 3.05) is 0 Å². The molecule has 0 unspecified atom stereocenters. The highest BCUT2D eigenvalue weighted by Crippen LogP contribution is 2.27. The molecule has 0 N–H and O–H groups in total. The molecule has 3 aromatic rings. The number of benzene rings is 2. The molecule has 100 valence electrons. The number of rotatable bonds is 2. The second-order valence-corrected chi connectivity index (χ2v) is 4.63. The first-order chi connectivity index (χ1) is 9.56. The van der Waals surface area contributed by atoms with Gasteiger partial charge in [-0.05, 0) is 30.3 Å². The molecule has 0 bridgehead atoms. The number of fused-ring (bicyclic) bond motifs is 1. The number of furan rings is 1. The lowest BCUT2D eigenvalue weighted by atomic mass is 10.1. The summed E-state index contributed by atoms with van der Waals surface area (Å²) < 4.78 is 31.4. The molecular formula is C15H7ClF2O2. The molecule has 0 aliphatic rings. The molecule has 0 radical (unpaired) electrons. The summed E-state index contributed by atoms with van der Waals surface area (Å²) in [5.41, 5.74) is 0.402. The van der Waals surface area contributed by atoms with E-state index in [2.05, 4.69) is 0 Å². The molecule has 0 aliphatic carbocycles. The summed E-state index contributed by atoms with van der Waals surface area (Å²) in [7, 11) is 0. The van der Waals surface area contributed by atoms with Crippen LogP contribution in [0.2, 0.25) is 5.02 Å². The number of hydrogen-bond acceptors (Lipinski definition) is 2. The van der Waals surface area contributed by atoms with Crippen LogP contribution < -0.4 is 0 Å². The van der Waals surface area contributed by atoms with Gasteiger partial charge in [0.05, 0.1) is 5.02 Å². The molecule has 1 heterocycles. The van der Waals surface area contributed by atoms with Gasteiger partial charge in [0.1, 0.15) is 0 Å². The molecule has 3 rings (SSSR count). The van der Waals surface area contributed by atoms with Crippen LogP contribution in [0.3, 0.4) is 0 Å². The summed E-state index contributed by atoms with van der Waals surface area (Å²) in [5.74, 6) is -2.59. The van der Waals surface area contributed by atoms with Gasteiger partial charge in [0.15, 0.2) is 23.0 Å². The summed E-state index contributed by atoms with van der Waals surface area (Å²) in [6, 6.07) is 9.57.